The molecule has 0 aromatic carbocycles. The van der Waals surface area contributed by atoms with Crippen LogP contribution in [0.15, 0.2) is 0 Å². The smallest absolute Gasteiger partial charge is 0.304 e. The van der Waals surface area contributed by atoms with E-state index in [2.05, 4.69) is 0 Å². The molecule has 1 heterocycles. The summed E-state index contributed by atoms with van der Waals surface area (Å²) in [7, 11) is 0. The minimum atomic E-state index is -0.795. The van der Waals surface area contributed by atoms with E-state index in [4.69, 9.17) is 18.9 Å². The van der Waals surface area contributed by atoms with Crippen LogP contribution in [0, 0.1) is 0 Å². The first-order valence-corrected chi connectivity index (χ1v) is 6.00. The first kappa shape index (κ1) is 15.4. The fourth-order valence-corrected chi connectivity index (χ4v) is 1.84. The molecule has 0 radical (unpaired) electrons. The molecule has 0 saturated carbocycles. The number of esters is 3. The molecule has 3 unspecified atom stereocenters. The fourth-order valence-electron chi connectivity index (χ4n) is 1.84. The van der Waals surface area contributed by atoms with E-state index in [1.54, 1.807) is 0 Å². The highest BCUT2D eigenvalue weighted by Gasteiger charge is 2.33. The summed E-state index contributed by atoms with van der Waals surface area (Å²) in [6.45, 7) is 3.89. The Kier molecular flexibility index (Phi) is 5.75. The summed E-state index contributed by atoms with van der Waals surface area (Å²) in [4.78, 5) is 32.6. The average molecular weight is 274 g/mol. The third kappa shape index (κ3) is 6.19. The van der Waals surface area contributed by atoms with Crippen molar-refractivity contribution in [3.8, 4) is 0 Å². The van der Waals surface area contributed by atoms with Crippen LogP contribution < -0.4 is 0 Å². The van der Waals surface area contributed by atoms with Crippen LogP contribution in [0.5, 0.6) is 0 Å². The molecule has 0 aliphatic carbocycles. The number of carbonyl (C=O) groups excluding carboxylic acids is 3. The molecule has 19 heavy (non-hydrogen) atoms. The summed E-state index contributed by atoms with van der Waals surface area (Å²) in [5.74, 6) is -1.33. The number of rotatable bonds is 4. The number of carbonyl (C=O) groups is 3. The second-order valence-electron chi connectivity index (χ2n) is 4.30. The third-order valence-corrected chi connectivity index (χ3v) is 2.43. The first-order chi connectivity index (χ1) is 8.86. The SMILES string of the molecule is CC(=O)OCC1CC(OC(C)=O)CC(OC(C)=O)O1. The molecule has 0 aromatic heterocycles. The van der Waals surface area contributed by atoms with Crippen molar-refractivity contribution in [2.45, 2.75) is 52.1 Å². The predicted octanol–water partition coefficient (Wildman–Crippen LogP) is 0.549. The zero-order chi connectivity index (χ0) is 14.4. The fraction of sp³-hybridized carbons (Fsp3) is 0.750. The molecule has 1 fully saturated rings. The quantitative estimate of drug-likeness (QED) is 0.546. The van der Waals surface area contributed by atoms with E-state index in [1.165, 1.54) is 20.8 Å². The van der Waals surface area contributed by atoms with Gasteiger partial charge in [0.25, 0.3) is 0 Å². The molecule has 0 N–H and O–H groups in total. The van der Waals surface area contributed by atoms with E-state index >= 15 is 0 Å². The molecule has 1 rings (SSSR count). The summed E-state index contributed by atoms with van der Waals surface area (Å²) < 4.78 is 20.3. The summed E-state index contributed by atoms with van der Waals surface area (Å²) >= 11 is 0. The Bertz CT molecular complexity index is 328. The first-order valence-electron chi connectivity index (χ1n) is 6.00. The molecular weight excluding hydrogens is 256 g/mol. The van der Waals surface area contributed by atoms with Gasteiger partial charge in [0.15, 0.2) is 0 Å². The van der Waals surface area contributed by atoms with Crippen molar-refractivity contribution in [1.82, 2.24) is 0 Å². The predicted molar refractivity (Wildman–Crippen MR) is 61.8 cm³/mol. The third-order valence-electron chi connectivity index (χ3n) is 2.43. The Morgan fingerprint density at radius 3 is 2.16 bits per heavy atom. The minimum Gasteiger partial charge on any atom is -0.463 e. The maximum atomic E-state index is 11.0. The second-order valence-corrected chi connectivity index (χ2v) is 4.30. The molecule has 3 atom stereocenters. The number of hydrogen-bond donors (Lipinski definition) is 0. The Morgan fingerprint density at radius 2 is 1.63 bits per heavy atom. The van der Waals surface area contributed by atoms with Gasteiger partial charge in [0.05, 0.1) is 6.10 Å². The van der Waals surface area contributed by atoms with Gasteiger partial charge < -0.3 is 18.9 Å². The Balaban J connectivity index is 2.57. The summed E-state index contributed by atoms with van der Waals surface area (Å²) in [5, 5.41) is 0. The van der Waals surface area contributed by atoms with Crippen molar-refractivity contribution in [3.63, 3.8) is 0 Å². The largest absolute Gasteiger partial charge is 0.463 e. The normalized spacial score (nSPS) is 26.4. The Labute approximate surface area is 111 Å². The van der Waals surface area contributed by atoms with Crippen molar-refractivity contribution in [2.24, 2.45) is 0 Å². The van der Waals surface area contributed by atoms with Crippen molar-refractivity contribution >= 4 is 17.9 Å². The van der Waals surface area contributed by atoms with Crippen LogP contribution >= 0.6 is 0 Å². The molecule has 0 bridgehead atoms. The Morgan fingerprint density at radius 1 is 1.00 bits per heavy atom. The Hall–Kier alpha value is -1.63. The van der Waals surface area contributed by atoms with Crippen molar-refractivity contribution in [2.75, 3.05) is 6.61 Å². The van der Waals surface area contributed by atoms with Crippen LogP contribution in [0.4, 0.5) is 0 Å². The summed E-state index contributed by atoms with van der Waals surface area (Å²) in [5.41, 5.74) is 0. The summed E-state index contributed by atoms with van der Waals surface area (Å²) in [6.07, 6.45) is -1.01. The van der Waals surface area contributed by atoms with Gasteiger partial charge in [0.1, 0.15) is 12.7 Å². The summed E-state index contributed by atoms with van der Waals surface area (Å²) in [6, 6.07) is 0. The van der Waals surface area contributed by atoms with E-state index in [9.17, 15) is 14.4 Å². The highest BCUT2D eigenvalue weighted by atomic mass is 16.7. The van der Waals surface area contributed by atoms with Crippen molar-refractivity contribution in [3.05, 3.63) is 0 Å². The minimum absolute atomic E-state index is 0.0326. The zero-order valence-corrected chi connectivity index (χ0v) is 11.2. The molecule has 0 aromatic rings. The molecule has 7 nitrogen and oxygen atoms in total. The van der Waals surface area contributed by atoms with E-state index in [-0.39, 0.29) is 13.0 Å². The van der Waals surface area contributed by atoms with Gasteiger partial charge in [-0.25, -0.2) is 0 Å². The van der Waals surface area contributed by atoms with Crippen LogP contribution in [-0.4, -0.2) is 43.0 Å². The van der Waals surface area contributed by atoms with Gasteiger partial charge in [-0.3, -0.25) is 14.4 Å². The van der Waals surface area contributed by atoms with Crippen LogP contribution in [0.1, 0.15) is 33.6 Å². The van der Waals surface area contributed by atoms with Gasteiger partial charge in [0, 0.05) is 33.6 Å². The standard InChI is InChI=1S/C12H18O7/c1-7(13)16-6-11-4-10(17-8(2)14)5-12(19-11)18-9(3)15/h10-12H,4-6H2,1-3H3. The van der Waals surface area contributed by atoms with Crippen LogP contribution in [0.25, 0.3) is 0 Å². The molecular formula is C12H18O7. The maximum Gasteiger partial charge on any atom is 0.304 e. The lowest BCUT2D eigenvalue weighted by atomic mass is 10.1. The molecule has 0 amide bonds. The van der Waals surface area contributed by atoms with Crippen molar-refractivity contribution < 1.29 is 33.3 Å². The molecule has 7 heteroatoms. The van der Waals surface area contributed by atoms with Gasteiger partial charge in [0.2, 0.25) is 6.29 Å². The van der Waals surface area contributed by atoms with Crippen molar-refractivity contribution in [1.29, 1.82) is 0 Å². The molecule has 1 aliphatic heterocycles. The maximum absolute atomic E-state index is 11.0. The van der Waals surface area contributed by atoms with Crippen LogP contribution in [0.2, 0.25) is 0 Å². The molecule has 0 spiro atoms. The van der Waals surface area contributed by atoms with E-state index < -0.39 is 36.4 Å². The molecule has 1 aliphatic rings. The van der Waals surface area contributed by atoms with E-state index in [0.717, 1.165) is 0 Å². The number of hydrogen-bond acceptors (Lipinski definition) is 7. The second kappa shape index (κ2) is 7.08. The average Bonchev–Trinajstić information content (AvgIpc) is 2.24. The number of ether oxygens (including phenoxy) is 4. The molecule has 108 valence electrons. The van der Waals surface area contributed by atoms with Crippen LogP contribution in [-0.2, 0) is 33.3 Å². The monoisotopic (exact) mass is 274 g/mol. The lowest BCUT2D eigenvalue weighted by molar-refractivity contribution is -0.226. The van der Waals surface area contributed by atoms with Gasteiger partial charge >= 0.3 is 17.9 Å². The van der Waals surface area contributed by atoms with Crippen LogP contribution in [0.3, 0.4) is 0 Å². The van der Waals surface area contributed by atoms with Gasteiger partial charge in [-0.05, 0) is 0 Å². The lowest BCUT2D eigenvalue weighted by Crippen LogP contribution is -2.41. The highest BCUT2D eigenvalue weighted by molar-refractivity contribution is 5.67. The van der Waals surface area contributed by atoms with E-state index in [0.29, 0.717) is 6.42 Å². The van der Waals surface area contributed by atoms with Gasteiger partial charge in [-0.1, -0.05) is 0 Å². The molecule has 1 saturated heterocycles. The lowest BCUT2D eigenvalue weighted by Gasteiger charge is -2.33. The zero-order valence-electron chi connectivity index (χ0n) is 11.2. The topological polar surface area (TPSA) is 88.1 Å². The van der Waals surface area contributed by atoms with Gasteiger partial charge in [-0.2, -0.15) is 0 Å². The van der Waals surface area contributed by atoms with Gasteiger partial charge in [-0.15, -0.1) is 0 Å². The van der Waals surface area contributed by atoms with E-state index in [1.807, 2.05) is 0 Å². The highest BCUT2D eigenvalue weighted by Crippen LogP contribution is 2.23.